The third-order valence-electron chi connectivity index (χ3n) is 6.26. The molecule has 0 radical (unpaired) electrons. The van der Waals surface area contributed by atoms with Crippen LogP contribution >= 0.6 is 0 Å². The second kappa shape index (κ2) is 10.2. The summed E-state index contributed by atoms with van der Waals surface area (Å²) in [6.07, 6.45) is -8.43. The predicted octanol–water partition coefficient (Wildman–Crippen LogP) is 8.36. The van der Waals surface area contributed by atoms with E-state index >= 15 is 0 Å². The van der Waals surface area contributed by atoms with E-state index in [2.05, 4.69) is 11.9 Å². The zero-order valence-electron chi connectivity index (χ0n) is 19.5. The number of hydrogen-bond donors (Lipinski definition) is 1. The number of hydrogen-bond acceptors (Lipinski definition) is 1. The van der Waals surface area contributed by atoms with Gasteiger partial charge in [0.2, 0.25) is 0 Å². The fourth-order valence-electron chi connectivity index (χ4n) is 4.03. The summed E-state index contributed by atoms with van der Waals surface area (Å²) < 4.78 is 82.0. The monoisotopic (exact) mass is 491 g/mol. The zero-order valence-corrected chi connectivity index (χ0v) is 19.5. The lowest BCUT2D eigenvalue weighted by Crippen LogP contribution is -2.46. The number of benzene rings is 3. The highest BCUT2D eigenvalue weighted by Crippen LogP contribution is 2.40. The molecule has 0 aliphatic rings. The first-order chi connectivity index (χ1) is 16.4. The van der Waals surface area contributed by atoms with Crippen molar-refractivity contribution in [3.05, 3.63) is 119 Å². The van der Waals surface area contributed by atoms with Gasteiger partial charge in [0.15, 0.2) is 0 Å². The number of halogens is 6. The lowest BCUT2D eigenvalue weighted by molar-refractivity contribution is -0.138. The Hall–Kier alpha value is -3.22. The number of nitrogens with one attached hydrogen (secondary N) is 1. The standard InChI is InChI=1S/C28H27F6N/c1-4-19(2)20(3)35-26(18-21-10-6-5-7-11-21,22-12-8-14-24(16-22)27(29,30)31)23-13-9-15-25(17-23)28(32,33)34/h5-17,19,35H,3-4,18H2,1-2H3. The summed E-state index contributed by atoms with van der Waals surface area (Å²) in [5.41, 5.74) is -1.54. The van der Waals surface area contributed by atoms with Crippen molar-refractivity contribution < 1.29 is 26.3 Å². The first-order valence-corrected chi connectivity index (χ1v) is 11.2. The molecule has 0 aromatic heterocycles. The summed E-state index contributed by atoms with van der Waals surface area (Å²) in [5, 5.41) is 3.29. The van der Waals surface area contributed by atoms with Crippen LogP contribution in [0.1, 0.15) is 48.1 Å². The molecule has 1 nitrogen and oxygen atoms in total. The maximum Gasteiger partial charge on any atom is 0.416 e. The SMILES string of the molecule is C=C(NC(Cc1ccccc1)(c1cccc(C(F)(F)F)c1)c1cccc(C(F)(F)F)c1)C(C)CC. The van der Waals surface area contributed by atoms with Crippen LogP contribution in [0.4, 0.5) is 26.3 Å². The molecule has 1 unspecified atom stereocenters. The number of rotatable bonds is 8. The molecule has 186 valence electrons. The molecule has 0 fully saturated rings. The molecule has 7 heteroatoms. The topological polar surface area (TPSA) is 12.0 Å². The van der Waals surface area contributed by atoms with Gasteiger partial charge >= 0.3 is 12.4 Å². The minimum absolute atomic E-state index is 0.0678. The van der Waals surface area contributed by atoms with Crippen molar-refractivity contribution in [2.45, 2.75) is 44.6 Å². The van der Waals surface area contributed by atoms with Crippen LogP contribution < -0.4 is 5.32 Å². The van der Waals surface area contributed by atoms with Gasteiger partial charge in [-0.1, -0.05) is 75.0 Å². The predicted molar refractivity (Wildman–Crippen MR) is 126 cm³/mol. The summed E-state index contributed by atoms with van der Waals surface area (Å²) in [6, 6.07) is 18.4. The van der Waals surface area contributed by atoms with Crippen molar-refractivity contribution in [1.82, 2.24) is 5.32 Å². The smallest absolute Gasteiger partial charge is 0.375 e. The number of alkyl halides is 6. The van der Waals surface area contributed by atoms with Crippen molar-refractivity contribution in [2.24, 2.45) is 5.92 Å². The van der Waals surface area contributed by atoms with Crippen molar-refractivity contribution in [3.63, 3.8) is 0 Å². The Morgan fingerprint density at radius 1 is 0.743 bits per heavy atom. The largest absolute Gasteiger partial charge is 0.416 e. The maximum absolute atomic E-state index is 13.7. The first kappa shape index (κ1) is 26.4. The van der Waals surface area contributed by atoms with Gasteiger partial charge in [-0.3, -0.25) is 0 Å². The molecule has 0 aliphatic carbocycles. The van der Waals surface area contributed by atoms with Gasteiger partial charge in [-0.25, -0.2) is 0 Å². The second-order valence-corrected chi connectivity index (χ2v) is 8.68. The van der Waals surface area contributed by atoms with Gasteiger partial charge in [0.25, 0.3) is 0 Å². The zero-order chi connectivity index (χ0) is 25.9. The minimum Gasteiger partial charge on any atom is -0.375 e. The van der Waals surface area contributed by atoms with Gasteiger partial charge in [-0.05, 0) is 53.3 Å². The maximum atomic E-state index is 13.7. The minimum atomic E-state index is -4.62. The molecular weight excluding hydrogens is 464 g/mol. The van der Waals surface area contributed by atoms with Gasteiger partial charge in [-0.15, -0.1) is 0 Å². The Balaban J connectivity index is 2.34. The number of allylic oxidation sites excluding steroid dienone is 1. The summed E-state index contributed by atoms with van der Waals surface area (Å²) in [7, 11) is 0. The van der Waals surface area contributed by atoms with Crippen molar-refractivity contribution in [3.8, 4) is 0 Å². The normalized spacial score (nSPS) is 13.4. The van der Waals surface area contributed by atoms with E-state index < -0.39 is 29.0 Å². The van der Waals surface area contributed by atoms with E-state index in [1.165, 1.54) is 24.3 Å². The summed E-state index contributed by atoms with van der Waals surface area (Å²) in [5.74, 6) is -0.0678. The van der Waals surface area contributed by atoms with Crippen LogP contribution in [0.15, 0.2) is 91.1 Å². The van der Waals surface area contributed by atoms with E-state index in [4.69, 9.17) is 0 Å². The van der Waals surface area contributed by atoms with Gasteiger partial charge < -0.3 is 5.32 Å². The molecular formula is C28H27F6N. The van der Waals surface area contributed by atoms with Crippen LogP contribution in [0.5, 0.6) is 0 Å². The third kappa shape index (κ3) is 6.08. The highest BCUT2D eigenvalue weighted by atomic mass is 19.4. The summed E-state index contributed by atoms with van der Waals surface area (Å²) >= 11 is 0. The van der Waals surface area contributed by atoms with Gasteiger partial charge in [0.05, 0.1) is 16.7 Å². The molecule has 3 aromatic carbocycles. The molecule has 1 atom stereocenters. The van der Waals surface area contributed by atoms with E-state index in [0.717, 1.165) is 29.8 Å². The highest BCUT2D eigenvalue weighted by Gasteiger charge is 2.40. The van der Waals surface area contributed by atoms with Crippen LogP contribution in [0.2, 0.25) is 0 Å². The molecule has 3 rings (SSSR count). The molecule has 0 saturated carbocycles. The Morgan fingerprint density at radius 3 is 1.63 bits per heavy atom. The molecule has 1 N–H and O–H groups in total. The quantitative estimate of drug-likeness (QED) is 0.312. The molecule has 3 aromatic rings. The van der Waals surface area contributed by atoms with E-state index in [9.17, 15) is 26.3 Å². The average Bonchev–Trinajstić information content (AvgIpc) is 2.82. The van der Waals surface area contributed by atoms with Crippen LogP contribution in [-0.2, 0) is 24.3 Å². The van der Waals surface area contributed by atoms with Crippen molar-refractivity contribution >= 4 is 0 Å². The van der Waals surface area contributed by atoms with E-state index in [0.29, 0.717) is 12.1 Å². The molecule has 0 aliphatic heterocycles. The summed E-state index contributed by atoms with van der Waals surface area (Å²) in [6.45, 7) is 7.93. The Bertz CT molecular complexity index is 1090. The fraction of sp³-hybridized carbons (Fsp3) is 0.286. The first-order valence-electron chi connectivity index (χ1n) is 11.2. The van der Waals surface area contributed by atoms with Crippen LogP contribution in [0.3, 0.4) is 0 Å². The fourth-order valence-corrected chi connectivity index (χ4v) is 4.03. The third-order valence-corrected chi connectivity index (χ3v) is 6.26. The van der Waals surface area contributed by atoms with Crippen LogP contribution in [0.25, 0.3) is 0 Å². The van der Waals surface area contributed by atoms with Gasteiger partial charge in [-0.2, -0.15) is 26.3 Å². The van der Waals surface area contributed by atoms with Gasteiger partial charge in [0.1, 0.15) is 0 Å². The van der Waals surface area contributed by atoms with Crippen LogP contribution in [0, 0.1) is 5.92 Å². The Morgan fingerprint density at radius 2 is 1.20 bits per heavy atom. The highest BCUT2D eigenvalue weighted by molar-refractivity contribution is 5.45. The molecule has 0 amide bonds. The van der Waals surface area contributed by atoms with E-state index in [1.54, 1.807) is 30.3 Å². The molecule has 0 heterocycles. The van der Waals surface area contributed by atoms with E-state index in [-0.39, 0.29) is 23.5 Å². The lowest BCUT2D eigenvalue weighted by Gasteiger charge is -2.40. The molecule has 0 saturated heterocycles. The van der Waals surface area contributed by atoms with Crippen LogP contribution in [-0.4, -0.2) is 0 Å². The van der Waals surface area contributed by atoms with Crippen molar-refractivity contribution in [2.75, 3.05) is 0 Å². The molecule has 0 bridgehead atoms. The Labute approximate surface area is 201 Å². The molecule has 35 heavy (non-hydrogen) atoms. The lowest BCUT2D eigenvalue weighted by atomic mass is 9.76. The second-order valence-electron chi connectivity index (χ2n) is 8.68. The van der Waals surface area contributed by atoms with E-state index in [1.807, 2.05) is 13.8 Å². The Kier molecular flexibility index (Phi) is 7.68. The average molecular weight is 492 g/mol. The van der Waals surface area contributed by atoms with Crippen molar-refractivity contribution in [1.29, 1.82) is 0 Å². The summed E-state index contributed by atoms with van der Waals surface area (Å²) in [4.78, 5) is 0. The molecule has 0 spiro atoms. The van der Waals surface area contributed by atoms with Gasteiger partial charge in [0, 0.05) is 12.1 Å².